The predicted molar refractivity (Wildman–Crippen MR) is 110 cm³/mol. The molecular formula is C20H20N6O3. The molecule has 0 fully saturated rings. The Bertz CT molecular complexity index is 1130. The number of hydrogen-bond acceptors (Lipinski definition) is 7. The molecular weight excluding hydrogens is 372 g/mol. The van der Waals surface area contributed by atoms with Crippen molar-refractivity contribution in [1.82, 2.24) is 14.6 Å². The maximum atomic E-state index is 11.8. The minimum atomic E-state index is -0.118. The summed E-state index contributed by atoms with van der Waals surface area (Å²) >= 11 is 0. The highest BCUT2D eigenvalue weighted by atomic mass is 16.6. The van der Waals surface area contributed by atoms with Crippen LogP contribution in [0.5, 0.6) is 11.5 Å². The summed E-state index contributed by atoms with van der Waals surface area (Å²) in [5.41, 5.74) is 2.33. The van der Waals surface area contributed by atoms with E-state index in [2.05, 4.69) is 32.0 Å². The Morgan fingerprint density at radius 2 is 2.10 bits per heavy atom. The summed E-state index contributed by atoms with van der Waals surface area (Å²) in [5.74, 6) is 4.88. The zero-order valence-corrected chi connectivity index (χ0v) is 16.1. The normalized spacial score (nSPS) is 12.3. The third-order valence-electron chi connectivity index (χ3n) is 4.39. The van der Waals surface area contributed by atoms with Gasteiger partial charge in [-0.05, 0) is 12.1 Å². The van der Waals surface area contributed by atoms with Gasteiger partial charge in [-0.1, -0.05) is 12.8 Å². The second-order valence-electron chi connectivity index (χ2n) is 6.29. The Balaban J connectivity index is 1.78. The van der Waals surface area contributed by atoms with Crippen molar-refractivity contribution in [1.29, 1.82) is 0 Å². The van der Waals surface area contributed by atoms with Gasteiger partial charge in [-0.2, -0.15) is 9.61 Å². The van der Waals surface area contributed by atoms with E-state index >= 15 is 0 Å². The van der Waals surface area contributed by atoms with E-state index in [1.807, 2.05) is 0 Å². The smallest absolute Gasteiger partial charge is 0.224 e. The molecule has 0 atom stereocenters. The molecule has 0 saturated heterocycles. The van der Waals surface area contributed by atoms with Crippen molar-refractivity contribution in [3.63, 3.8) is 0 Å². The summed E-state index contributed by atoms with van der Waals surface area (Å²) in [7, 11) is 1.78. The largest absolute Gasteiger partial charge is 0.486 e. The lowest BCUT2D eigenvalue weighted by Crippen LogP contribution is -2.16. The van der Waals surface area contributed by atoms with E-state index in [1.165, 1.54) is 0 Å². The molecule has 2 aromatic heterocycles. The number of terminal acetylenes is 1. The maximum absolute atomic E-state index is 11.8. The Labute approximate surface area is 167 Å². The lowest BCUT2D eigenvalue weighted by molar-refractivity contribution is -0.115. The Hall–Kier alpha value is -3.93. The van der Waals surface area contributed by atoms with Gasteiger partial charge in [-0.25, -0.2) is 4.98 Å². The third-order valence-corrected chi connectivity index (χ3v) is 4.39. The van der Waals surface area contributed by atoms with Crippen LogP contribution in [0.3, 0.4) is 0 Å². The first kappa shape index (κ1) is 18.4. The molecule has 1 aliphatic rings. The van der Waals surface area contributed by atoms with Gasteiger partial charge in [0.2, 0.25) is 5.91 Å². The quantitative estimate of drug-likeness (QED) is 0.574. The van der Waals surface area contributed by atoms with Crippen molar-refractivity contribution in [2.45, 2.75) is 13.3 Å². The lowest BCUT2D eigenvalue weighted by atomic mass is 10.1. The highest BCUT2D eigenvalue weighted by Gasteiger charge is 2.19. The van der Waals surface area contributed by atoms with Crippen molar-refractivity contribution < 1.29 is 14.3 Å². The lowest BCUT2D eigenvalue weighted by Gasteiger charge is -2.22. The number of ether oxygens (including phenoxy) is 2. The average molecular weight is 392 g/mol. The van der Waals surface area contributed by atoms with Crippen LogP contribution in [0.15, 0.2) is 24.4 Å². The van der Waals surface area contributed by atoms with Crippen LogP contribution in [-0.4, -0.2) is 40.8 Å². The van der Waals surface area contributed by atoms with E-state index in [9.17, 15) is 4.79 Å². The number of aromatic nitrogens is 3. The molecule has 0 unspecified atom stereocenters. The molecule has 0 spiro atoms. The van der Waals surface area contributed by atoms with E-state index in [-0.39, 0.29) is 5.91 Å². The van der Waals surface area contributed by atoms with E-state index in [0.717, 1.165) is 0 Å². The standard InChI is InChI=1S/C20H20N6O3/c1-4-12-8-13(19-15(9-12)28-6-7-29-19)23-16-10-17(21-3)26-20(25-16)14(11-22-26)24-18(27)5-2/h1,8-11,21H,5-7H2,2-3H3,(H,23,25)(H,24,27). The van der Waals surface area contributed by atoms with Gasteiger partial charge in [-0.3, -0.25) is 4.79 Å². The number of carbonyl (C=O) groups excluding carboxylic acids is 1. The molecule has 29 heavy (non-hydrogen) atoms. The molecule has 9 heteroatoms. The van der Waals surface area contributed by atoms with Crippen LogP contribution < -0.4 is 25.4 Å². The van der Waals surface area contributed by atoms with Gasteiger partial charge in [0.15, 0.2) is 17.1 Å². The third kappa shape index (κ3) is 3.48. The number of anilines is 4. The Morgan fingerprint density at radius 1 is 1.28 bits per heavy atom. The number of amides is 1. The molecule has 0 radical (unpaired) electrons. The molecule has 0 bridgehead atoms. The monoisotopic (exact) mass is 392 g/mol. The molecule has 1 amide bonds. The number of nitrogens with zero attached hydrogens (tertiary/aromatic N) is 3. The van der Waals surface area contributed by atoms with Gasteiger partial charge in [0, 0.05) is 25.1 Å². The van der Waals surface area contributed by atoms with Gasteiger partial charge < -0.3 is 25.4 Å². The highest BCUT2D eigenvalue weighted by molar-refractivity contribution is 5.94. The van der Waals surface area contributed by atoms with Gasteiger partial charge in [0.1, 0.15) is 30.5 Å². The summed E-state index contributed by atoms with van der Waals surface area (Å²) in [4.78, 5) is 16.4. The number of nitrogens with one attached hydrogen (secondary N) is 3. The van der Waals surface area contributed by atoms with Gasteiger partial charge in [0.25, 0.3) is 0 Å². The first-order valence-electron chi connectivity index (χ1n) is 9.16. The summed E-state index contributed by atoms with van der Waals surface area (Å²) in [6.07, 6.45) is 7.50. The molecule has 0 aliphatic carbocycles. The summed E-state index contributed by atoms with van der Waals surface area (Å²) in [6, 6.07) is 5.36. The summed E-state index contributed by atoms with van der Waals surface area (Å²) < 4.78 is 13.1. The van der Waals surface area contributed by atoms with Crippen LogP contribution in [0.2, 0.25) is 0 Å². The number of fused-ring (bicyclic) bond motifs is 2. The fourth-order valence-electron chi connectivity index (χ4n) is 3.00. The zero-order valence-electron chi connectivity index (χ0n) is 16.1. The van der Waals surface area contributed by atoms with Crippen molar-refractivity contribution in [3.05, 3.63) is 30.0 Å². The number of rotatable bonds is 5. The maximum Gasteiger partial charge on any atom is 0.224 e. The van der Waals surface area contributed by atoms with Crippen LogP contribution in [0.25, 0.3) is 5.65 Å². The van der Waals surface area contributed by atoms with E-state index in [0.29, 0.717) is 65.4 Å². The fraction of sp³-hybridized carbons (Fsp3) is 0.250. The molecule has 148 valence electrons. The van der Waals surface area contributed by atoms with Crippen molar-refractivity contribution in [3.8, 4) is 23.8 Å². The molecule has 0 saturated carbocycles. The number of carbonyl (C=O) groups is 1. The van der Waals surface area contributed by atoms with E-state index < -0.39 is 0 Å². The first-order chi connectivity index (χ1) is 14.1. The van der Waals surface area contributed by atoms with Crippen LogP contribution >= 0.6 is 0 Å². The second kappa shape index (κ2) is 7.59. The average Bonchev–Trinajstić information content (AvgIpc) is 3.15. The van der Waals surface area contributed by atoms with Crippen LogP contribution in [0.4, 0.5) is 23.0 Å². The zero-order chi connectivity index (χ0) is 20.4. The van der Waals surface area contributed by atoms with Gasteiger partial charge in [-0.15, -0.1) is 6.42 Å². The molecule has 3 heterocycles. The van der Waals surface area contributed by atoms with E-state index in [4.69, 9.17) is 15.9 Å². The van der Waals surface area contributed by atoms with Crippen molar-refractivity contribution in [2.75, 3.05) is 36.2 Å². The topological polar surface area (TPSA) is 102 Å². The molecule has 9 nitrogen and oxygen atoms in total. The number of benzene rings is 1. The van der Waals surface area contributed by atoms with Crippen molar-refractivity contribution in [2.24, 2.45) is 0 Å². The van der Waals surface area contributed by atoms with Crippen LogP contribution in [0, 0.1) is 12.3 Å². The molecule has 1 aromatic carbocycles. The first-order valence-corrected chi connectivity index (χ1v) is 9.16. The van der Waals surface area contributed by atoms with Gasteiger partial charge >= 0.3 is 0 Å². The molecule has 1 aliphatic heterocycles. The minimum Gasteiger partial charge on any atom is -0.486 e. The molecule has 4 rings (SSSR count). The van der Waals surface area contributed by atoms with Crippen molar-refractivity contribution >= 4 is 34.6 Å². The summed E-state index contributed by atoms with van der Waals surface area (Å²) in [6.45, 7) is 2.69. The van der Waals surface area contributed by atoms with Crippen LogP contribution in [-0.2, 0) is 4.79 Å². The fourth-order valence-corrected chi connectivity index (χ4v) is 3.00. The summed E-state index contributed by atoms with van der Waals surface area (Å²) in [5, 5.41) is 13.4. The Kier molecular flexibility index (Phi) is 4.83. The highest BCUT2D eigenvalue weighted by Crippen LogP contribution is 2.40. The molecule has 3 N–H and O–H groups in total. The van der Waals surface area contributed by atoms with Gasteiger partial charge in [0.05, 0.1) is 11.9 Å². The number of hydrogen-bond donors (Lipinski definition) is 3. The SMILES string of the molecule is C#Cc1cc(Nc2cc(NC)n3ncc(NC(=O)CC)c3n2)c2c(c1)OCCO2. The Morgan fingerprint density at radius 3 is 2.86 bits per heavy atom. The van der Waals surface area contributed by atoms with Crippen LogP contribution in [0.1, 0.15) is 18.9 Å². The predicted octanol–water partition coefficient (Wildman–Crippen LogP) is 2.62. The second-order valence-corrected chi connectivity index (χ2v) is 6.29. The molecule has 3 aromatic rings. The van der Waals surface area contributed by atoms with E-state index in [1.54, 1.807) is 42.9 Å². The minimum absolute atomic E-state index is 0.118.